The van der Waals surface area contributed by atoms with E-state index < -0.39 is 0 Å². The van der Waals surface area contributed by atoms with Crippen LogP contribution in [0.5, 0.6) is 0 Å². The van der Waals surface area contributed by atoms with Crippen molar-refractivity contribution in [3.63, 3.8) is 0 Å². The average Bonchev–Trinajstić information content (AvgIpc) is 2.81. The van der Waals surface area contributed by atoms with Gasteiger partial charge in [-0.05, 0) is 58.4 Å². The highest BCUT2D eigenvalue weighted by Crippen LogP contribution is 2.21. The van der Waals surface area contributed by atoms with Gasteiger partial charge in [-0.3, -0.25) is 0 Å². The summed E-state index contributed by atoms with van der Waals surface area (Å²) in [4.78, 5) is 12.5. The summed E-state index contributed by atoms with van der Waals surface area (Å²) in [6.07, 6.45) is 5.33. The highest BCUT2D eigenvalue weighted by Gasteiger charge is 2.10. The standard InChI is InChI=1S/C28H26O2/c1-4-22-11-15-24(16-12-22)10-9-21(3)26-7-6-8-27(19-26)28(29)30-20-25-17-13-23(5-2)14-18-25/h4-8,11-19H,1-3,9-10,20H2. The highest BCUT2D eigenvalue weighted by atomic mass is 16.5. The average molecular weight is 395 g/mol. The molecule has 0 heterocycles. The topological polar surface area (TPSA) is 26.3 Å². The highest BCUT2D eigenvalue weighted by molar-refractivity contribution is 5.90. The van der Waals surface area contributed by atoms with Crippen LogP contribution in [0.4, 0.5) is 0 Å². The van der Waals surface area contributed by atoms with E-state index in [9.17, 15) is 4.79 Å². The van der Waals surface area contributed by atoms with Gasteiger partial charge in [-0.1, -0.05) is 92.6 Å². The van der Waals surface area contributed by atoms with E-state index in [1.54, 1.807) is 12.1 Å². The molecule has 0 aliphatic carbocycles. The lowest BCUT2D eigenvalue weighted by Gasteiger charge is -2.09. The lowest BCUT2D eigenvalue weighted by atomic mass is 9.98. The zero-order valence-corrected chi connectivity index (χ0v) is 17.1. The zero-order chi connectivity index (χ0) is 21.3. The Balaban J connectivity index is 1.57. The molecule has 2 nitrogen and oxygen atoms in total. The predicted octanol–water partition coefficient (Wildman–Crippen LogP) is 6.98. The van der Waals surface area contributed by atoms with Crippen LogP contribution in [0.25, 0.3) is 17.7 Å². The van der Waals surface area contributed by atoms with E-state index in [1.165, 1.54) is 5.56 Å². The predicted molar refractivity (Wildman–Crippen MR) is 126 cm³/mol. The van der Waals surface area contributed by atoms with Crippen LogP contribution in [0, 0.1) is 0 Å². The molecular formula is C28H26O2. The van der Waals surface area contributed by atoms with Gasteiger partial charge in [0, 0.05) is 0 Å². The minimum Gasteiger partial charge on any atom is -0.457 e. The summed E-state index contributed by atoms with van der Waals surface area (Å²) in [5, 5.41) is 0. The molecule has 2 heteroatoms. The molecule has 0 atom stereocenters. The lowest BCUT2D eigenvalue weighted by Crippen LogP contribution is -2.05. The Kier molecular flexibility index (Phi) is 7.18. The number of allylic oxidation sites excluding steroid dienone is 1. The molecule has 0 amide bonds. The van der Waals surface area contributed by atoms with Crippen LogP contribution in [-0.4, -0.2) is 5.97 Å². The molecule has 150 valence electrons. The third-order valence-electron chi connectivity index (χ3n) is 5.02. The Morgan fingerprint density at radius 1 is 0.800 bits per heavy atom. The van der Waals surface area contributed by atoms with Gasteiger partial charge in [0.1, 0.15) is 6.61 Å². The van der Waals surface area contributed by atoms with Crippen LogP contribution in [0.1, 0.15) is 44.6 Å². The summed E-state index contributed by atoms with van der Waals surface area (Å²) in [6.45, 7) is 12.0. The van der Waals surface area contributed by atoms with Crippen LogP contribution in [0.3, 0.4) is 0 Å². The molecule has 0 aliphatic rings. The van der Waals surface area contributed by atoms with E-state index >= 15 is 0 Å². The number of hydrogen-bond donors (Lipinski definition) is 0. The van der Waals surface area contributed by atoms with Crippen LogP contribution >= 0.6 is 0 Å². The molecule has 3 aromatic rings. The van der Waals surface area contributed by atoms with Crippen molar-refractivity contribution in [2.45, 2.75) is 19.4 Å². The first-order valence-electron chi connectivity index (χ1n) is 9.97. The number of rotatable bonds is 9. The molecule has 0 unspecified atom stereocenters. The van der Waals surface area contributed by atoms with Crippen LogP contribution < -0.4 is 0 Å². The van der Waals surface area contributed by atoms with Crippen molar-refractivity contribution in [3.05, 3.63) is 126 Å². The fraction of sp³-hybridized carbons (Fsp3) is 0.107. The number of aryl methyl sites for hydroxylation is 1. The fourth-order valence-corrected chi connectivity index (χ4v) is 3.11. The number of ether oxygens (including phenoxy) is 1. The van der Waals surface area contributed by atoms with Crippen molar-refractivity contribution >= 4 is 23.7 Å². The molecule has 0 saturated heterocycles. The zero-order valence-electron chi connectivity index (χ0n) is 17.1. The fourth-order valence-electron chi connectivity index (χ4n) is 3.11. The third kappa shape index (κ3) is 5.68. The SMILES string of the molecule is C=Cc1ccc(CCC(=C)c2cccc(C(=O)OCc3ccc(C=C)cc3)c2)cc1. The Labute approximate surface area is 178 Å². The second-order valence-electron chi connectivity index (χ2n) is 7.15. The first-order valence-corrected chi connectivity index (χ1v) is 9.97. The molecule has 0 N–H and O–H groups in total. The maximum Gasteiger partial charge on any atom is 0.338 e. The van der Waals surface area contributed by atoms with E-state index in [0.717, 1.165) is 40.7 Å². The first-order chi connectivity index (χ1) is 14.6. The Bertz CT molecular complexity index is 958. The molecular weight excluding hydrogens is 368 g/mol. The van der Waals surface area contributed by atoms with Crippen LogP contribution in [-0.2, 0) is 17.8 Å². The number of hydrogen-bond acceptors (Lipinski definition) is 2. The quantitative estimate of drug-likeness (QED) is 0.366. The molecule has 30 heavy (non-hydrogen) atoms. The van der Waals surface area contributed by atoms with Gasteiger partial charge in [0.25, 0.3) is 0 Å². The largest absolute Gasteiger partial charge is 0.457 e. The van der Waals surface area contributed by atoms with Gasteiger partial charge in [0.2, 0.25) is 0 Å². The summed E-state index contributed by atoms with van der Waals surface area (Å²) in [7, 11) is 0. The number of carbonyl (C=O) groups excluding carboxylic acids is 1. The molecule has 0 bridgehead atoms. The van der Waals surface area contributed by atoms with Gasteiger partial charge in [0.15, 0.2) is 0 Å². The smallest absolute Gasteiger partial charge is 0.338 e. The lowest BCUT2D eigenvalue weighted by molar-refractivity contribution is 0.0472. The molecule has 3 aromatic carbocycles. The van der Waals surface area contributed by atoms with Gasteiger partial charge in [-0.15, -0.1) is 0 Å². The Hall–Kier alpha value is -3.65. The van der Waals surface area contributed by atoms with Gasteiger partial charge in [-0.2, -0.15) is 0 Å². The maximum atomic E-state index is 12.5. The normalized spacial score (nSPS) is 10.3. The molecule has 0 aromatic heterocycles. The minimum absolute atomic E-state index is 0.238. The van der Waals surface area contributed by atoms with Crippen LogP contribution in [0.15, 0.2) is 92.5 Å². The van der Waals surface area contributed by atoms with E-state index in [2.05, 4.69) is 44.0 Å². The molecule has 0 aliphatic heterocycles. The number of esters is 1. The van der Waals surface area contributed by atoms with Gasteiger partial charge < -0.3 is 4.74 Å². The van der Waals surface area contributed by atoms with Crippen molar-refractivity contribution in [1.29, 1.82) is 0 Å². The van der Waals surface area contributed by atoms with E-state index in [-0.39, 0.29) is 12.6 Å². The van der Waals surface area contributed by atoms with Crippen molar-refractivity contribution < 1.29 is 9.53 Å². The van der Waals surface area contributed by atoms with Crippen molar-refractivity contribution in [3.8, 4) is 0 Å². The number of carbonyl (C=O) groups is 1. The first kappa shape index (κ1) is 21.1. The van der Waals surface area contributed by atoms with E-state index in [4.69, 9.17) is 4.74 Å². The van der Waals surface area contributed by atoms with Gasteiger partial charge >= 0.3 is 5.97 Å². The Morgan fingerprint density at radius 3 is 1.97 bits per heavy atom. The monoisotopic (exact) mass is 394 g/mol. The number of benzene rings is 3. The summed E-state index contributed by atoms with van der Waals surface area (Å²) in [6, 6.07) is 23.6. The summed E-state index contributed by atoms with van der Waals surface area (Å²) in [5.41, 5.74) is 6.83. The molecule has 0 fully saturated rings. The van der Waals surface area contributed by atoms with Gasteiger partial charge in [-0.25, -0.2) is 4.79 Å². The molecule has 0 radical (unpaired) electrons. The summed E-state index contributed by atoms with van der Waals surface area (Å²) >= 11 is 0. The third-order valence-corrected chi connectivity index (χ3v) is 5.02. The van der Waals surface area contributed by atoms with Gasteiger partial charge in [0.05, 0.1) is 5.56 Å². The van der Waals surface area contributed by atoms with Crippen molar-refractivity contribution in [1.82, 2.24) is 0 Å². The summed E-state index contributed by atoms with van der Waals surface area (Å²) < 4.78 is 5.47. The Morgan fingerprint density at radius 2 is 1.37 bits per heavy atom. The molecule has 3 rings (SSSR count). The maximum absolute atomic E-state index is 12.5. The minimum atomic E-state index is -0.336. The van der Waals surface area contributed by atoms with E-state index in [0.29, 0.717) is 5.56 Å². The second kappa shape index (κ2) is 10.2. The molecule has 0 saturated carbocycles. The van der Waals surface area contributed by atoms with Crippen molar-refractivity contribution in [2.24, 2.45) is 0 Å². The molecule has 0 spiro atoms. The van der Waals surface area contributed by atoms with Crippen LogP contribution in [0.2, 0.25) is 0 Å². The summed E-state index contributed by atoms with van der Waals surface area (Å²) in [5.74, 6) is -0.336. The van der Waals surface area contributed by atoms with E-state index in [1.807, 2.05) is 48.5 Å². The second-order valence-corrected chi connectivity index (χ2v) is 7.15. The van der Waals surface area contributed by atoms with Crippen molar-refractivity contribution in [2.75, 3.05) is 0 Å².